The molecule has 4 rings (SSSR count). The number of amides is 1. The average Bonchev–Trinajstić information content (AvgIpc) is 3.35. The number of nitrogens with zero attached hydrogens (tertiary/aromatic N) is 1. The molecule has 7 heteroatoms. The molecule has 1 aliphatic rings. The van der Waals surface area contributed by atoms with Crippen molar-refractivity contribution in [1.29, 1.82) is 0 Å². The second-order valence-corrected chi connectivity index (χ2v) is 6.52. The van der Waals surface area contributed by atoms with Crippen molar-refractivity contribution in [3.8, 4) is 5.75 Å². The zero-order chi connectivity index (χ0) is 18.1. The van der Waals surface area contributed by atoms with Crippen LogP contribution in [0.15, 0.2) is 40.8 Å². The first-order chi connectivity index (χ1) is 12.6. The molecule has 134 valence electrons. The van der Waals surface area contributed by atoms with E-state index in [1.54, 1.807) is 6.07 Å². The van der Waals surface area contributed by atoms with Crippen LogP contribution in [0.5, 0.6) is 5.75 Å². The lowest BCUT2D eigenvalue weighted by molar-refractivity contribution is 0.0949. The molecule has 0 bridgehead atoms. The van der Waals surface area contributed by atoms with Gasteiger partial charge in [0.1, 0.15) is 28.7 Å². The Balaban J connectivity index is 1.42. The van der Waals surface area contributed by atoms with Gasteiger partial charge in [0.15, 0.2) is 0 Å². The Morgan fingerprint density at radius 1 is 1.23 bits per heavy atom. The highest BCUT2D eigenvalue weighted by Crippen LogP contribution is 2.30. The molecule has 2 aromatic heterocycles. The summed E-state index contributed by atoms with van der Waals surface area (Å²) in [6, 6.07) is 10.7. The number of hydrogen-bond acceptors (Lipinski definition) is 6. The van der Waals surface area contributed by atoms with Crippen molar-refractivity contribution in [3.63, 3.8) is 0 Å². The SMILES string of the molecule is Nc1ccc(C(=O)NCc2cc3ccc(OCC4CC4)cc3o2)c(N)n1. The number of anilines is 2. The van der Waals surface area contributed by atoms with Gasteiger partial charge < -0.3 is 25.9 Å². The zero-order valence-corrected chi connectivity index (χ0v) is 14.2. The summed E-state index contributed by atoms with van der Waals surface area (Å²) < 4.78 is 11.6. The Labute approximate surface area is 150 Å². The normalized spacial score (nSPS) is 13.7. The number of hydrogen-bond donors (Lipinski definition) is 3. The minimum Gasteiger partial charge on any atom is -0.493 e. The molecule has 1 amide bonds. The van der Waals surface area contributed by atoms with Crippen LogP contribution in [0.1, 0.15) is 29.0 Å². The number of nitrogens with two attached hydrogens (primary N) is 2. The quantitative estimate of drug-likeness (QED) is 0.628. The summed E-state index contributed by atoms with van der Waals surface area (Å²) in [5.41, 5.74) is 12.3. The number of ether oxygens (including phenoxy) is 1. The standard InChI is InChI=1S/C19H20N4O3/c20-17-6-5-15(18(21)23-17)19(24)22-9-14-7-12-3-4-13(8-16(12)26-14)25-10-11-1-2-11/h3-8,11H,1-2,9-10H2,(H,22,24)(H4,20,21,23). The number of nitrogens with one attached hydrogen (secondary N) is 1. The van der Waals surface area contributed by atoms with Crippen molar-refractivity contribution in [2.75, 3.05) is 18.1 Å². The van der Waals surface area contributed by atoms with Crippen LogP contribution in [0.25, 0.3) is 11.0 Å². The van der Waals surface area contributed by atoms with E-state index in [0.717, 1.165) is 23.3 Å². The van der Waals surface area contributed by atoms with Gasteiger partial charge >= 0.3 is 0 Å². The number of carbonyl (C=O) groups excluding carboxylic acids is 1. The fraction of sp³-hybridized carbons (Fsp3) is 0.263. The van der Waals surface area contributed by atoms with E-state index >= 15 is 0 Å². The van der Waals surface area contributed by atoms with E-state index in [0.29, 0.717) is 11.7 Å². The van der Waals surface area contributed by atoms with Crippen molar-refractivity contribution in [3.05, 3.63) is 47.7 Å². The van der Waals surface area contributed by atoms with Crippen molar-refractivity contribution >= 4 is 28.5 Å². The second-order valence-electron chi connectivity index (χ2n) is 6.52. The van der Waals surface area contributed by atoms with Gasteiger partial charge in [-0.05, 0) is 49.1 Å². The fourth-order valence-corrected chi connectivity index (χ4v) is 2.69. The zero-order valence-electron chi connectivity index (χ0n) is 14.2. The molecule has 1 aliphatic carbocycles. The van der Waals surface area contributed by atoms with Gasteiger partial charge in [-0.25, -0.2) is 4.98 Å². The summed E-state index contributed by atoms with van der Waals surface area (Å²) in [7, 11) is 0. The number of benzene rings is 1. The Bertz CT molecular complexity index is 963. The van der Waals surface area contributed by atoms with Crippen LogP contribution in [-0.2, 0) is 6.54 Å². The number of furan rings is 1. The summed E-state index contributed by atoms with van der Waals surface area (Å²) in [6.07, 6.45) is 2.50. The molecule has 2 heterocycles. The number of nitrogen functional groups attached to an aromatic ring is 2. The molecule has 0 unspecified atom stereocenters. The van der Waals surface area contributed by atoms with E-state index in [1.807, 2.05) is 24.3 Å². The predicted octanol–water partition coefficient (Wildman–Crippen LogP) is 2.71. The van der Waals surface area contributed by atoms with Crippen molar-refractivity contribution in [2.45, 2.75) is 19.4 Å². The lowest BCUT2D eigenvalue weighted by atomic mass is 10.2. The molecule has 0 spiro atoms. The number of aromatic nitrogens is 1. The lowest BCUT2D eigenvalue weighted by Gasteiger charge is -2.06. The first-order valence-corrected chi connectivity index (χ1v) is 8.54. The molecule has 1 saturated carbocycles. The molecule has 1 aromatic carbocycles. The maximum atomic E-state index is 12.2. The Morgan fingerprint density at radius 3 is 2.85 bits per heavy atom. The molecule has 3 aromatic rings. The third-order valence-corrected chi connectivity index (χ3v) is 4.34. The van der Waals surface area contributed by atoms with Crippen molar-refractivity contribution < 1.29 is 13.9 Å². The number of rotatable bonds is 6. The molecular weight excluding hydrogens is 332 g/mol. The highest BCUT2D eigenvalue weighted by Gasteiger charge is 2.22. The number of fused-ring (bicyclic) bond motifs is 1. The highest BCUT2D eigenvalue weighted by atomic mass is 16.5. The van der Waals surface area contributed by atoms with Gasteiger partial charge in [0.2, 0.25) is 0 Å². The second kappa shape index (κ2) is 6.59. The smallest absolute Gasteiger partial charge is 0.255 e. The Hall–Kier alpha value is -3.22. The van der Waals surface area contributed by atoms with E-state index in [2.05, 4.69) is 10.3 Å². The molecular formula is C19H20N4O3. The van der Waals surface area contributed by atoms with Crippen LogP contribution in [0, 0.1) is 5.92 Å². The highest BCUT2D eigenvalue weighted by molar-refractivity contribution is 5.98. The van der Waals surface area contributed by atoms with Crippen LogP contribution >= 0.6 is 0 Å². The maximum Gasteiger partial charge on any atom is 0.255 e. The van der Waals surface area contributed by atoms with Gasteiger partial charge in [0, 0.05) is 11.5 Å². The van der Waals surface area contributed by atoms with E-state index in [-0.39, 0.29) is 29.7 Å². The van der Waals surface area contributed by atoms with Gasteiger partial charge in [-0.3, -0.25) is 4.79 Å². The predicted molar refractivity (Wildman–Crippen MR) is 98.7 cm³/mol. The largest absolute Gasteiger partial charge is 0.493 e. The molecule has 26 heavy (non-hydrogen) atoms. The van der Waals surface area contributed by atoms with Crippen molar-refractivity contribution in [2.24, 2.45) is 5.92 Å². The van der Waals surface area contributed by atoms with Gasteiger partial charge in [-0.1, -0.05) is 0 Å². The lowest BCUT2D eigenvalue weighted by Crippen LogP contribution is -2.24. The monoisotopic (exact) mass is 352 g/mol. The third kappa shape index (κ3) is 3.56. The van der Waals surface area contributed by atoms with Crippen molar-refractivity contribution in [1.82, 2.24) is 10.3 Å². The van der Waals surface area contributed by atoms with E-state index in [4.69, 9.17) is 20.6 Å². The Morgan fingerprint density at radius 2 is 2.08 bits per heavy atom. The first kappa shape index (κ1) is 16.3. The minimum atomic E-state index is -0.330. The summed E-state index contributed by atoms with van der Waals surface area (Å²) in [6.45, 7) is 1.00. The van der Waals surface area contributed by atoms with Crippen LogP contribution in [-0.4, -0.2) is 17.5 Å². The van der Waals surface area contributed by atoms with Gasteiger partial charge in [0.25, 0.3) is 5.91 Å². The topological polar surface area (TPSA) is 116 Å². The van der Waals surface area contributed by atoms with Crippen LogP contribution in [0.3, 0.4) is 0 Å². The number of carbonyl (C=O) groups is 1. The summed E-state index contributed by atoms with van der Waals surface area (Å²) in [5, 5.41) is 3.73. The van der Waals surface area contributed by atoms with Gasteiger partial charge in [-0.15, -0.1) is 0 Å². The number of pyridine rings is 1. The van der Waals surface area contributed by atoms with Crippen LogP contribution in [0.4, 0.5) is 11.6 Å². The third-order valence-electron chi connectivity index (χ3n) is 4.34. The van der Waals surface area contributed by atoms with Gasteiger partial charge in [0.05, 0.1) is 18.7 Å². The van der Waals surface area contributed by atoms with E-state index < -0.39 is 0 Å². The molecule has 0 aliphatic heterocycles. The first-order valence-electron chi connectivity index (χ1n) is 8.54. The van der Waals surface area contributed by atoms with Gasteiger partial charge in [-0.2, -0.15) is 0 Å². The average molecular weight is 352 g/mol. The van der Waals surface area contributed by atoms with Crippen LogP contribution < -0.4 is 21.5 Å². The molecule has 5 N–H and O–H groups in total. The Kier molecular flexibility index (Phi) is 4.12. The molecule has 0 atom stereocenters. The minimum absolute atomic E-state index is 0.101. The molecule has 0 radical (unpaired) electrons. The maximum absolute atomic E-state index is 12.2. The fourth-order valence-electron chi connectivity index (χ4n) is 2.69. The summed E-state index contributed by atoms with van der Waals surface area (Å²) in [4.78, 5) is 16.1. The van der Waals surface area contributed by atoms with E-state index in [1.165, 1.54) is 18.9 Å². The van der Waals surface area contributed by atoms with E-state index in [9.17, 15) is 4.79 Å². The summed E-state index contributed by atoms with van der Waals surface area (Å²) >= 11 is 0. The molecule has 7 nitrogen and oxygen atoms in total. The molecule has 0 saturated heterocycles. The molecule has 1 fully saturated rings. The summed E-state index contributed by atoms with van der Waals surface area (Å²) in [5.74, 6) is 2.19. The van der Waals surface area contributed by atoms with Crippen LogP contribution in [0.2, 0.25) is 0 Å².